The molecule has 0 unspecified atom stereocenters. The number of ether oxygens (including phenoxy) is 1. The zero-order chi connectivity index (χ0) is 22.9. The van der Waals surface area contributed by atoms with E-state index >= 15 is 0 Å². The molecule has 0 aromatic heterocycles. The summed E-state index contributed by atoms with van der Waals surface area (Å²) in [5.41, 5.74) is 1.99. The van der Waals surface area contributed by atoms with E-state index in [0.717, 1.165) is 43.1 Å². The fraction of sp³-hybridized carbons (Fsp3) is 0.458. The van der Waals surface area contributed by atoms with Gasteiger partial charge in [-0.1, -0.05) is 26.0 Å². The molecule has 2 aliphatic rings. The molecular weight excluding hydrogens is 431 g/mol. The SMILES string of the molecule is CC(C)COC(=O)N1CCC(N2CCc3cc(S(=O)(=O)c4ccccc4F)ccc32)CC1. The number of rotatable bonds is 5. The van der Waals surface area contributed by atoms with Gasteiger partial charge in [0.05, 0.1) is 11.5 Å². The quantitative estimate of drug-likeness (QED) is 0.666. The summed E-state index contributed by atoms with van der Waals surface area (Å²) in [5, 5.41) is 0. The minimum Gasteiger partial charge on any atom is -0.449 e. The summed E-state index contributed by atoms with van der Waals surface area (Å²) in [5.74, 6) is -0.432. The summed E-state index contributed by atoms with van der Waals surface area (Å²) in [7, 11) is -3.91. The number of hydrogen-bond donors (Lipinski definition) is 0. The van der Waals surface area contributed by atoms with Crippen LogP contribution in [0, 0.1) is 11.7 Å². The number of hydrogen-bond acceptors (Lipinski definition) is 5. The molecule has 8 heteroatoms. The predicted octanol–water partition coefficient (Wildman–Crippen LogP) is 4.28. The highest BCUT2D eigenvalue weighted by Crippen LogP contribution is 2.35. The number of nitrogens with zero attached hydrogens (tertiary/aromatic N) is 2. The van der Waals surface area contributed by atoms with E-state index < -0.39 is 15.7 Å². The van der Waals surface area contributed by atoms with Gasteiger partial charge in [-0.15, -0.1) is 0 Å². The number of likely N-dealkylation sites (tertiary alicyclic amines) is 1. The molecule has 2 aliphatic heterocycles. The third kappa shape index (κ3) is 4.46. The zero-order valence-corrected chi connectivity index (χ0v) is 19.3. The second-order valence-electron chi connectivity index (χ2n) is 8.86. The van der Waals surface area contributed by atoms with E-state index in [1.807, 2.05) is 19.9 Å². The van der Waals surface area contributed by atoms with Gasteiger partial charge in [-0.3, -0.25) is 0 Å². The van der Waals surface area contributed by atoms with E-state index in [2.05, 4.69) is 4.90 Å². The van der Waals surface area contributed by atoms with Crippen LogP contribution in [0.4, 0.5) is 14.9 Å². The highest BCUT2D eigenvalue weighted by Gasteiger charge is 2.32. The smallest absolute Gasteiger partial charge is 0.409 e. The topological polar surface area (TPSA) is 66.9 Å². The summed E-state index contributed by atoms with van der Waals surface area (Å²) in [6.07, 6.45) is 2.17. The summed E-state index contributed by atoms with van der Waals surface area (Å²) in [6.45, 7) is 6.55. The summed E-state index contributed by atoms with van der Waals surface area (Å²) < 4.78 is 45.3. The van der Waals surface area contributed by atoms with Crippen LogP contribution in [0.5, 0.6) is 0 Å². The number of amides is 1. The van der Waals surface area contributed by atoms with Crippen molar-refractivity contribution in [1.29, 1.82) is 0 Å². The van der Waals surface area contributed by atoms with Gasteiger partial charge in [0.2, 0.25) is 9.84 Å². The second-order valence-corrected chi connectivity index (χ2v) is 10.8. The van der Waals surface area contributed by atoms with Gasteiger partial charge in [0.25, 0.3) is 0 Å². The molecule has 0 N–H and O–H groups in total. The molecule has 0 spiro atoms. The molecule has 1 saturated heterocycles. The van der Waals surface area contributed by atoms with Crippen LogP contribution in [-0.4, -0.2) is 51.7 Å². The number of carbonyl (C=O) groups is 1. The van der Waals surface area contributed by atoms with Crippen molar-refractivity contribution in [2.75, 3.05) is 31.1 Å². The number of sulfone groups is 1. The lowest BCUT2D eigenvalue weighted by atomic mass is 10.0. The molecule has 32 heavy (non-hydrogen) atoms. The van der Waals surface area contributed by atoms with Crippen molar-refractivity contribution in [1.82, 2.24) is 4.90 Å². The van der Waals surface area contributed by atoms with Crippen molar-refractivity contribution in [2.24, 2.45) is 5.92 Å². The third-order valence-corrected chi connectivity index (χ3v) is 7.91. The molecule has 0 aliphatic carbocycles. The summed E-state index contributed by atoms with van der Waals surface area (Å²) in [6, 6.07) is 10.8. The first-order valence-corrected chi connectivity index (χ1v) is 12.6. The Bertz CT molecular complexity index is 1090. The van der Waals surface area contributed by atoms with Crippen molar-refractivity contribution in [3.05, 3.63) is 53.8 Å². The van der Waals surface area contributed by atoms with Crippen molar-refractivity contribution in [3.63, 3.8) is 0 Å². The Balaban J connectivity index is 1.45. The van der Waals surface area contributed by atoms with Gasteiger partial charge in [0, 0.05) is 31.4 Å². The van der Waals surface area contributed by atoms with Crippen LogP contribution < -0.4 is 4.90 Å². The van der Waals surface area contributed by atoms with Crippen molar-refractivity contribution < 1.29 is 22.3 Å². The molecular formula is C24H29FN2O4S. The first kappa shape index (κ1) is 22.6. The minimum absolute atomic E-state index is 0.117. The van der Waals surface area contributed by atoms with Crippen molar-refractivity contribution in [2.45, 2.75) is 48.9 Å². The Morgan fingerprint density at radius 3 is 2.53 bits per heavy atom. The van der Waals surface area contributed by atoms with Crippen LogP contribution in [-0.2, 0) is 21.0 Å². The third-order valence-electron chi connectivity index (χ3n) is 6.12. The Hall–Kier alpha value is -2.61. The largest absolute Gasteiger partial charge is 0.449 e. The Morgan fingerprint density at radius 1 is 1.12 bits per heavy atom. The predicted molar refractivity (Wildman–Crippen MR) is 120 cm³/mol. The monoisotopic (exact) mass is 460 g/mol. The summed E-state index contributed by atoms with van der Waals surface area (Å²) >= 11 is 0. The van der Waals surface area contributed by atoms with E-state index in [1.54, 1.807) is 17.0 Å². The molecule has 0 saturated carbocycles. The van der Waals surface area contributed by atoms with Crippen LogP contribution in [0.3, 0.4) is 0 Å². The lowest BCUT2D eigenvalue weighted by molar-refractivity contribution is 0.0833. The first-order chi connectivity index (χ1) is 15.3. The van der Waals surface area contributed by atoms with Gasteiger partial charge >= 0.3 is 6.09 Å². The summed E-state index contributed by atoms with van der Waals surface area (Å²) in [4.78, 5) is 16.1. The maximum Gasteiger partial charge on any atom is 0.409 e. The normalized spacial score (nSPS) is 17.0. The molecule has 2 aromatic rings. The molecule has 0 radical (unpaired) electrons. The van der Waals surface area contributed by atoms with Gasteiger partial charge < -0.3 is 14.5 Å². The Kier molecular flexibility index (Phi) is 6.42. The molecule has 4 rings (SSSR count). The highest BCUT2D eigenvalue weighted by molar-refractivity contribution is 7.91. The van der Waals surface area contributed by atoms with Gasteiger partial charge in [0.15, 0.2) is 0 Å². The molecule has 0 bridgehead atoms. The molecule has 2 heterocycles. The average molecular weight is 461 g/mol. The first-order valence-electron chi connectivity index (χ1n) is 11.1. The van der Waals surface area contributed by atoms with Crippen LogP contribution >= 0.6 is 0 Å². The molecule has 1 fully saturated rings. The maximum atomic E-state index is 14.1. The van der Waals surface area contributed by atoms with Gasteiger partial charge in [-0.05, 0) is 61.1 Å². The second kappa shape index (κ2) is 9.10. The lowest BCUT2D eigenvalue weighted by Gasteiger charge is -2.37. The molecule has 6 nitrogen and oxygen atoms in total. The number of piperidine rings is 1. The van der Waals surface area contributed by atoms with Crippen molar-refractivity contribution in [3.8, 4) is 0 Å². The van der Waals surface area contributed by atoms with Crippen LogP contribution in [0.15, 0.2) is 52.3 Å². The standard InChI is InChI=1S/C24H29FN2O4S/c1-17(2)16-31-24(28)26-12-10-19(11-13-26)27-14-9-18-15-20(7-8-22(18)27)32(29,30)23-6-4-3-5-21(23)25/h3-8,15,17,19H,9-14,16H2,1-2H3. The van der Waals surface area contributed by atoms with E-state index in [0.29, 0.717) is 31.7 Å². The lowest BCUT2D eigenvalue weighted by Crippen LogP contribution is -2.46. The van der Waals surface area contributed by atoms with Gasteiger partial charge in [-0.2, -0.15) is 0 Å². The van der Waals surface area contributed by atoms with E-state index in [-0.39, 0.29) is 15.9 Å². The molecule has 1 amide bonds. The van der Waals surface area contributed by atoms with Crippen LogP contribution in [0.2, 0.25) is 0 Å². The average Bonchev–Trinajstić information content (AvgIpc) is 3.21. The Labute approximate surface area is 188 Å². The Morgan fingerprint density at radius 2 is 1.84 bits per heavy atom. The number of halogens is 1. The zero-order valence-electron chi connectivity index (χ0n) is 18.5. The fourth-order valence-electron chi connectivity index (χ4n) is 4.43. The van der Waals surface area contributed by atoms with E-state index in [4.69, 9.17) is 4.74 Å². The molecule has 2 aromatic carbocycles. The van der Waals surface area contributed by atoms with Crippen molar-refractivity contribution >= 4 is 21.6 Å². The number of fused-ring (bicyclic) bond motifs is 1. The molecule has 0 atom stereocenters. The van der Waals surface area contributed by atoms with Gasteiger partial charge in [0.1, 0.15) is 10.7 Å². The maximum absolute atomic E-state index is 14.1. The molecule has 172 valence electrons. The number of anilines is 1. The number of carbonyl (C=O) groups excluding carboxylic acids is 1. The highest BCUT2D eigenvalue weighted by atomic mass is 32.2. The van der Waals surface area contributed by atoms with Crippen LogP contribution in [0.25, 0.3) is 0 Å². The minimum atomic E-state index is -3.91. The van der Waals surface area contributed by atoms with E-state index in [1.165, 1.54) is 18.2 Å². The number of benzene rings is 2. The van der Waals surface area contributed by atoms with E-state index in [9.17, 15) is 17.6 Å². The van der Waals surface area contributed by atoms with Crippen LogP contribution in [0.1, 0.15) is 32.3 Å². The fourth-order valence-corrected chi connectivity index (χ4v) is 5.81. The van der Waals surface area contributed by atoms with Gasteiger partial charge in [-0.25, -0.2) is 17.6 Å².